The van der Waals surface area contributed by atoms with Gasteiger partial charge < -0.3 is 15.8 Å². The largest absolute Gasteiger partial charge is 0.380 e. The van der Waals surface area contributed by atoms with E-state index >= 15 is 0 Å². The van der Waals surface area contributed by atoms with E-state index in [9.17, 15) is 0 Å². The Labute approximate surface area is 99.1 Å². The minimum atomic E-state index is 0.229. The second kappa shape index (κ2) is 5.99. The molecule has 2 rings (SSSR count). The van der Waals surface area contributed by atoms with Crippen LogP contribution in [0.5, 0.6) is 0 Å². The summed E-state index contributed by atoms with van der Waals surface area (Å²) in [6.07, 6.45) is 7.18. The lowest BCUT2D eigenvalue weighted by Gasteiger charge is -2.18. The molecule has 16 heavy (non-hydrogen) atoms. The molecule has 0 saturated heterocycles. The molecule has 0 aromatic carbocycles. The van der Waals surface area contributed by atoms with Gasteiger partial charge in [-0.05, 0) is 62.9 Å². The van der Waals surface area contributed by atoms with Crippen molar-refractivity contribution in [1.29, 1.82) is 0 Å². The van der Waals surface area contributed by atoms with Crippen molar-refractivity contribution in [2.75, 3.05) is 26.7 Å². The van der Waals surface area contributed by atoms with Crippen LogP contribution in [0, 0.1) is 17.8 Å². The molecule has 3 nitrogen and oxygen atoms in total. The Morgan fingerprint density at radius 2 is 1.88 bits per heavy atom. The zero-order valence-corrected chi connectivity index (χ0v) is 10.5. The number of ether oxygens (including phenoxy) is 1. The molecule has 0 radical (unpaired) electrons. The molecule has 2 saturated carbocycles. The first-order valence-corrected chi connectivity index (χ1v) is 6.78. The first-order chi connectivity index (χ1) is 7.85. The number of nitrogens with one attached hydrogen (secondary N) is 1. The van der Waals surface area contributed by atoms with Gasteiger partial charge in [-0.2, -0.15) is 0 Å². The fraction of sp³-hybridized carbons (Fsp3) is 1.00. The summed E-state index contributed by atoms with van der Waals surface area (Å²) < 4.78 is 5.26. The summed E-state index contributed by atoms with van der Waals surface area (Å²) in [4.78, 5) is 0. The third-order valence-electron chi connectivity index (χ3n) is 4.07. The van der Waals surface area contributed by atoms with Crippen LogP contribution in [0.1, 0.15) is 32.1 Å². The summed E-state index contributed by atoms with van der Waals surface area (Å²) in [5.74, 6) is 3.07. The Hall–Kier alpha value is -0.120. The van der Waals surface area contributed by atoms with E-state index in [-0.39, 0.29) is 6.10 Å². The van der Waals surface area contributed by atoms with E-state index < -0.39 is 0 Å². The second-order valence-electron chi connectivity index (χ2n) is 5.42. The molecule has 1 unspecified atom stereocenters. The highest BCUT2D eigenvalue weighted by Crippen LogP contribution is 2.48. The molecule has 0 aliphatic heterocycles. The molecule has 0 amide bonds. The van der Waals surface area contributed by atoms with E-state index in [0.29, 0.717) is 6.54 Å². The van der Waals surface area contributed by atoms with Gasteiger partial charge in [0, 0.05) is 13.7 Å². The average Bonchev–Trinajstić information content (AvgIpc) is 3.17. The maximum absolute atomic E-state index is 5.59. The van der Waals surface area contributed by atoms with E-state index in [4.69, 9.17) is 10.5 Å². The van der Waals surface area contributed by atoms with Crippen LogP contribution in [-0.4, -0.2) is 32.8 Å². The molecule has 0 heterocycles. The van der Waals surface area contributed by atoms with Gasteiger partial charge in [-0.15, -0.1) is 0 Å². The van der Waals surface area contributed by atoms with Crippen LogP contribution in [0.3, 0.4) is 0 Å². The predicted molar refractivity (Wildman–Crippen MR) is 66.3 cm³/mol. The van der Waals surface area contributed by atoms with Crippen LogP contribution < -0.4 is 11.1 Å². The van der Waals surface area contributed by atoms with E-state index in [0.717, 1.165) is 30.7 Å². The third kappa shape index (κ3) is 3.72. The summed E-state index contributed by atoms with van der Waals surface area (Å²) in [6, 6.07) is 0. The summed E-state index contributed by atoms with van der Waals surface area (Å²) in [7, 11) is 1.74. The minimum absolute atomic E-state index is 0.229. The Kier molecular flexibility index (Phi) is 4.62. The van der Waals surface area contributed by atoms with Gasteiger partial charge in [0.2, 0.25) is 0 Å². The van der Waals surface area contributed by atoms with Crippen molar-refractivity contribution < 1.29 is 4.74 Å². The van der Waals surface area contributed by atoms with Crippen LogP contribution in [0.2, 0.25) is 0 Å². The Morgan fingerprint density at radius 1 is 1.25 bits per heavy atom. The normalized spacial score (nSPS) is 22.7. The van der Waals surface area contributed by atoms with E-state index in [1.54, 1.807) is 7.11 Å². The van der Waals surface area contributed by atoms with Crippen molar-refractivity contribution in [1.82, 2.24) is 5.32 Å². The molecule has 2 fully saturated rings. The molecule has 3 heteroatoms. The standard InChI is InChI=1S/C13H26N2O/c1-16-12(8-14)6-7-15-9-13(10-2-3-10)11-4-5-11/h10-13,15H,2-9,14H2,1H3. The Bertz CT molecular complexity index is 186. The summed E-state index contributed by atoms with van der Waals surface area (Å²) in [5.41, 5.74) is 5.59. The van der Waals surface area contributed by atoms with Crippen molar-refractivity contribution in [3.63, 3.8) is 0 Å². The van der Waals surface area contributed by atoms with E-state index in [2.05, 4.69) is 5.32 Å². The van der Waals surface area contributed by atoms with Gasteiger partial charge >= 0.3 is 0 Å². The number of rotatable bonds is 9. The van der Waals surface area contributed by atoms with Crippen molar-refractivity contribution in [3.05, 3.63) is 0 Å². The maximum Gasteiger partial charge on any atom is 0.0705 e. The molecule has 0 bridgehead atoms. The predicted octanol–water partition coefficient (Wildman–Crippen LogP) is 1.38. The molecule has 94 valence electrons. The van der Waals surface area contributed by atoms with Gasteiger partial charge in [0.05, 0.1) is 6.10 Å². The average molecular weight is 226 g/mol. The summed E-state index contributed by atoms with van der Waals surface area (Å²) in [5, 5.41) is 3.59. The fourth-order valence-electron chi connectivity index (χ4n) is 2.63. The third-order valence-corrected chi connectivity index (χ3v) is 4.07. The highest BCUT2D eigenvalue weighted by Gasteiger charge is 2.40. The maximum atomic E-state index is 5.59. The van der Waals surface area contributed by atoms with E-state index in [1.165, 1.54) is 32.2 Å². The molecule has 2 aliphatic carbocycles. The van der Waals surface area contributed by atoms with Gasteiger partial charge in [-0.25, -0.2) is 0 Å². The van der Waals surface area contributed by atoms with Gasteiger partial charge in [0.25, 0.3) is 0 Å². The number of hydrogen-bond acceptors (Lipinski definition) is 3. The van der Waals surface area contributed by atoms with Crippen molar-refractivity contribution >= 4 is 0 Å². The SMILES string of the molecule is COC(CN)CCNCC(C1CC1)C1CC1. The molecule has 2 aliphatic rings. The van der Waals surface area contributed by atoms with Gasteiger partial charge in [0.15, 0.2) is 0 Å². The number of nitrogens with two attached hydrogens (primary N) is 1. The zero-order chi connectivity index (χ0) is 11.4. The smallest absolute Gasteiger partial charge is 0.0705 e. The highest BCUT2D eigenvalue weighted by molar-refractivity contribution is 4.92. The van der Waals surface area contributed by atoms with Crippen molar-refractivity contribution in [2.45, 2.75) is 38.2 Å². The second-order valence-corrected chi connectivity index (χ2v) is 5.42. The first kappa shape index (κ1) is 12.3. The number of methoxy groups -OCH3 is 1. The van der Waals surface area contributed by atoms with Crippen LogP contribution in [0.15, 0.2) is 0 Å². The van der Waals surface area contributed by atoms with Gasteiger partial charge in [0.1, 0.15) is 0 Å². The molecular formula is C13H26N2O. The first-order valence-electron chi connectivity index (χ1n) is 6.78. The van der Waals surface area contributed by atoms with Crippen LogP contribution in [0.4, 0.5) is 0 Å². The Morgan fingerprint density at radius 3 is 2.31 bits per heavy atom. The van der Waals surface area contributed by atoms with Gasteiger partial charge in [-0.1, -0.05) is 0 Å². The van der Waals surface area contributed by atoms with Gasteiger partial charge in [-0.3, -0.25) is 0 Å². The minimum Gasteiger partial charge on any atom is -0.380 e. The fourth-order valence-corrected chi connectivity index (χ4v) is 2.63. The molecule has 0 aromatic heterocycles. The highest BCUT2D eigenvalue weighted by atomic mass is 16.5. The monoisotopic (exact) mass is 226 g/mol. The van der Waals surface area contributed by atoms with Crippen LogP contribution in [-0.2, 0) is 4.74 Å². The quantitative estimate of drug-likeness (QED) is 0.584. The van der Waals surface area contributed by atoms with Crippen LogP contribution in [0.25, 0.3) is 0 Å². The summed E-state index contributed by atoms with van der Waals surface area (Å²) in [6.45, 7) is 2.90. The molecular weight excluding hydrogens is 200 g/mol. The molecule has 3 N–H and O–H groups in total. The topological polar surface area (TPSA) is 47.3 Å². The molecule has 0 aromatic rings. The van der Waals surface area contributed by atoms with Crippen molar-refractivity contribution in [2.24, 2.45) is 23.5 Å². The number of hydrogen-bond donors (Lipinski definition) is 2. The van der Waals surface area contributed by atoms with Crippen LogP contribution >= 0.6 is 0 Å². The lowest BCUT2D eigenvalue weighted by atomic mass is 9.98. The molecule has 1 atom stereocenters. The molecule has 0 spiro atoms. The lowest BCUT2D eigenvalue weighted by molar-refractivity contribution is 0.102. The van der Waals surface area contributed by atoms with Crippen molar-refractivity contribution in [3.8, 4) is 0 Å². The lowest BCUT2D eigenvalue weighted by Crippen LogP contribution is -2.31. The Balaban J connectivity index is 1.55. The zero-order valence-electron chi connectivity index (χ0n) is 10.5. The summed E-state index contributed by atoms with van der Waals surface area (Å²) >= 11 is 0. The van der Waals surface area contributed by atoms with E-state index in [1.807, 2.05) is 0 Å².